The number of ether oxygens (including phenoxy) is 1. The molecule has 1 rings (SSSR count). The van der Waals surface area contributed by atoms with E-state index in [1.165, 1.54) is 0 Å². The van der Waals surface area contributed by atoms with Gasteiger partial charge >= 0.3 is 11.9 Å². The Balaban J connectivity index is 3.08. The Morgan fingerprint density at radius 1 is 1.15 bits per heavy atom. The molecule has 0 saturated heterocycles. The summed E-state index contributed by atoms with van der Waals surface area (Å²) in [6, 6.07) is 8.98. The third kappa shape index (κ3) is 3.83. The summed E-state index contributed by atoms with van der Waals surface area (Å²) in [5, 5.41) is 9.09. The molecular weight excluding hydrogens is 256 g/mol. The van der Waals surface area contributed by atoms with Crippen LogP contribution in [0.4, 0.5) is 0 Å². The van der Waals surface area contributed by atoms with Gasteiger partial charge in [0.15, 0.2) is 0 Å². The Morgan fingerprint density at radius 3 is 2.15 bits per heavy atom. The number of aliphatic carboxylic acids is 1. The van der Waals surface area contributed by atoms with Crippen LogP contribution in [0.1, 0.15) is 46.1 Å². The normalized spacial score (nSPS) is 14.4. The smallest absolute Gasteiger partial charge is 0.312 e. The summed E-state index contributed by atoms with van der Waals surface area (Å²) in [6.07, 6.45) is 0.367. The van der Waals surface area contributed by atoms with Crippen molar-refractivity contribution >= 4 is 11.9 Å². The van der Waals surface area contributed by atoms with Crippen molar-refractivity contribution in [1.29, 1.82) is 0 Å². The highest BCUT2D eigenvalue weighted by Gasteiger charge is 2.38. The van der Waals surface area contributed by atoms with E-state index in [1.54, 1.807) is 45.0 Å². The molecule has 0 fully saturated rings. The second-order valence-corrected chi connectivity index (χ2v) is 5.79. The molecule has 1 aromatic carbocycles. The lowest BCUT2D eigenvalue weighted by Crippen LogP contribution is -2.37. The Kier molecular flexibility index (Phi) is 4.93. The quantitative estimate of drug-likeness (QED) is 0.810. The van der Waals surface area contributed by atoms with Crippen LogP contribution in [0.5, 0.6) is 0 Å². The number of hydrogen-bond acceptors (Lipinski definition) is 3. The van der Waals surface area contributed by atoms with E-state index in [9.17, 15) is 9.59 Å². The first kappa shape index (κ1) is 16.2. The number of carbonyl (C=O) groups is 2. The molecule has 0 aliphatic carbocycles. The van der Waals surface area contributed by atoms with Gasteiger partial charge in [0.25, 0.3) is 0 Å². The van der Waals surface area contributed by atoms with Gasteiger partial charge in [0.1, 0.15) is 5.60 Å². The second kappa shape index (κ2) is 6.07. The molecule has 0 aliphatic rings. The minimum Gasteiger partial charge on any atom is -0.481 e. The van der Waals surface area contributed by atoms with Crippen LogP contribution in [-0.4, -0.2) is 17.0 Å². The molecule has 0 saturated carbocycles. The third-order valence-corrected chi connectivity index (χ3v) is 3.63. The number of carboxylic acids is 1. The lowest BCUT2D eigenvalue weighted by molar-refractivity contribution is -0.174. The van der Waals surface area contributed by atoms with Crippen molar-refractivity contribution in [2.75, 3.05) is 0 Å². The van der Waals surface area contributed by atoms with E-state index in [4.69, 9.17) is 9.84 Å². The number of hydrogen-bond donors (Lipinski definition) is 1. The maximum atomic E-state index is 12.3. The van der Waals surface area contributed by atoms with Crippen molar-refractivity contribution < 1.29 is 19.4 Å². The predicted molar refractivity (Wildman–Crippen MR) is 76.2 cm³/mol. The fourth-order valence-corrected chi connectivity index (χ4v) is 1.76. The van der Waals surface area contributed by atoms with Gasteiger partial charge in [0, 0.05) is 0 Å². The minimum absolute atomic E-state index is 0.261. The highest BCUT2D eigenvalue weighted by Crippen LogP contribution is 2.33. The monoisotopic (exact) mass is 278 g/mol. The topological polar surface area (TPSA) is 63.6 Å². The Hall–Kier alpha value is -1.84. The van der Waals surface area contributed by atoms with Crippen LogP contribution >= 0.6 is 0 Å². The lowest BCUT2D eigenvalue weighted by Gasteiger charge is -2.32. The second-order valence-electron chi connectivity index (χ2n) is 5.79. The average molecular weight is 278 g/mol. The molecule has 1 unspecified atom stereocenters. The minimum atomic E-state index is -1.16. The largest absolute Gasteiger partial charge is 0.481 e. The van der Waals surface area contributed by atoms with E-state index >= 15 is 0 Å². The summed E-state index contributed by atoms with van der Waals surface area (Å²) >= 11 is 0. The number of esters is 1. The standard InChI is InChI=1S/C16H22O4/c1-5-15(2,3)14(19)20-16(4,11-13(17)18)12-9-7-6-8-10-12/h6-10H,5,11H2,1-4H3,(H,17,18). The van der Waals surface area contributed by atoms with Crippen molar-refractivity contribution in [3.05, 3.63) is 35.9 Å². The molecule has 0 bridgehead atoms. The van der Waals surface area contributed by atoms with Crippen molar-refractivity contribution in [3.63, 3.8) is 0 Å². The van der Waals surface area contributed by atoms with Gasteiger partial charge in [-0.3, -0.25) is 9.59 Å². The van der Waals surface area contributed by atoms with Gasteiger partial charge in [-0.1, -0.05) is 37.3 Å². The first-order chi connectivity index (χ1) is 9.21. The van der Waals surface area contributed by atoms with Crippen molar-refractivity contribution in [2.24, 2.45) is 5.41 Å². The van der Waals surface area contributed by atoms with Crippen molar-refractivity contribution in [2.45, 2.75) is 46.1 Å². The highest BCUT2D eigenvalue weighted by atomic mass is 16.6. The maximum absolute atomic E-state index is 12.3. The Morgan fingerprint density at radius 2 is 1.70 bits per heavy atom. The molecule has 1 aromatic rings. The Bertz CT molecular complexity index is 479. The van der Waals surface area contributed by atoms with Gasteiger partial charge in [0.2, 0.25) is 0 Å². The van der Waals surface area contributed by atoms with Gasteiger partial charge in [-0.25, -0.2) is 0 Å². The summed E-state index contributed by atoms with van der Waals surface area (Å²) in [5.41, 5.74) is -1.10. The molecule has 110 valence electrons. The first-order valence-corrected chi connectivity index (χ1v) is 6.72. The number of rotatable bonds is 6. The fourth-order valence-electron chi connectivity index (χ4n) is 1.76. The van der Waals surface area contributed by atoms with E-state index in [-0.39, 0.29) is 12.4 Å². The van der Waals surface area contributed by atoms with Crippen LogP contribution in [-0.2, 0) is 19.9 Å². The molecule has 0 aromatic heterocycles. The van der Waals surface area contributed by atoms with E-state index < -0.39 is 17.0 Å². The van der Waals surface area contributed by atoms with E-state index in [0.717, 1.165) is 0 Å². The Labute approximate surface area is 119 Å². The van der Waals surface area contributed by atoms with Gasteiger partial charge in [-0.2, -0.15) is 0 Å². The number of benzene rings is 1. The molecule has 1 atom stereocenters. The van der Waals surface area contributed by atoms with Crippen molar-refractivity contribution in [3.8, 4) is 0 Å². The number of carbonyl (C=O) groups excluding carboxylic acids is 1. The van der Waals surface area contributed by atoms with Gasteiger partial charge in [-0.15, -0.1) is 0 Å². The van der Waals surface area contributed by atoms with Crippen LogP contribution in [0.2, 0.25) is 0 Å². The summed E-state index contributed by atoms with van der Waals surface area (Å²) in [5.74, 6) is -1.38. The van der Waals surface area contributed by atoms with Gasteiger partial charge in [0.05, 0.1) is 11.8 Å². The molecular formula is C16H22O4. The molecule has 1 N–H and O–H groups in total. The molecule has 0 aliphatic heterocycles. The van der Waals surface area contributed by atoms with Crippen LogP contribution in [0, 0.1) is 5.41 Å². The lowest BCUT2D eigenvalue weighted by atomic mass is 9.88. The summed E-state index contributed by atoms with van der Waals surface area (Å²) in [4.78, 5) is 23.3. The number of carboxylic acid groups (broad SMARTS) is 1. The zero-order valence-electron chi connectivity index (χ0n) is 12.5. The molecule has 4 nitrogen and oxygen atoms in total. The van der Waals surface area contributed by atoms with Crippen LogP contribution in [0.15, 0.2) is 30.3 Å². The zero-order valence-corrected chi connectivity index (χ0v) is 12.5. The fraction of sp³-hybridized carbons (Fsp3) is 0.500. The predicted octanol–water partition coefficient (Wildman–Crippen LogP) is 3.36. The summed E-state index contributed by atoms with van der Waals surface area (Å²) in [6.45, 7) is 7.13. The highest BCUT2D eigenvalue weighted by molar-refractivity contribution is 5.77. The van der Waals surface area contributed by atoms with Crippen LogP contribution in [0.25, 0.3) is 0 Å². The molecule has 0 heterocycles. The first-order valence-electron chi connectivity index (χ1n) is 6.72. The third-order valence-electron chi connectivity index (χ3n) is 3.63. The van der Waals surface area contributed by atoms with Crippen LogP contribution < -0.4 is 0 Å². The summed E-state index contributed by atoms with van der Waals surface area (Å²) in [7, 11) is 0. The molecule has 4 heteroatoms. The SMILES string of the molecule is CCC(C)(C)C(=O)OC(C)(CC(=O)O)c1ccccc1. The summed E-state index contributed by atoms with van der Waals surface area (Å²) < 4.78 is 5.57. The average Bonchev–Trinajstić information content (AvgIpc) is 2.38. The molecule has 0 radical (unpaired) electrons. The van der Waals surface area contributed by atoms with E-state index in [0.29, 0.717) is 12.0 Å². The molecule has 0 spiro atoms. The molecule has 0 amide bonds. The van der Waals surface area contributed by atoms with Crippen LogP contribution in [0.3, 0.4) is 0 Å². The molecule has 20 heavy (non-hydrogen) atoms. The van der Waals surface area contributed by atoms with E-state index in [2.05, 4.69) is 0 Å². The van der Waals surface area contributed by atoms with Gasteiger partial charge < -0.3 is 9.84 Å². The van der Waals surface area contributed by atoms with E-state index in [1.807, 2.05) is 13.0 Å². The van der Waals surface area contributed by atoms with Crippen molar-refractivity contribution in [1.82, 2.24) is 0 Å². The maximum Gasteiger partial charge on any atom is 0.312 e. The zero-order chi connectivity index (χ0) is 15.4. The van der Waals surface area contributed by atoms with Gasteiger partial charge in [-0.05, 0) is 32.8 Å².